The van der Waals surface area contributed by atoms with Crippen molar-refractivity contribution < 1.29 is 9.47 Å². The number of hydrogen-bond acceptors (Lipinski definition) is 3. The van der Waals surface area contributed by atoms with E-state index < -0.39 is 0 Å². The Labute approximate surface area is 103 Å². The van der Waals surface area contributed by atoms with Gasteiger partial charge in [-0.15, -0.1) is 0 Å². The van der Waals surface area contributed by atoms with Crippen LogP contribution in [0.4, 0.5) is 0 Å². The van der Waals surface area contributed by atoms with Gasteiger partial charge in [0.1, 0.15) is 5.75 Å². The molecule has 0 bridgehead atoms. The molecule has 3 nitrogen and oxygen atoms in total. The predicted octanol–water partition coefficient (Wildman–Crippen LogP) is 2.52. The minimum Gasteiger partial charge on any atom is -0.496 e. The molecule has 3 heteroatoms. The topological polar surface area (TPSA) is 30.5 Å². The highest BCUT2D eigenvalue weighted by molar-refractivity contribution is 5.35. The lowest BCUT2D eigenvalue weighted by Gasteiger charge is -2.28. The summed E-state index contributed by atoms with van der Waals surface area (Å²) in [6, 6.07) is 8.30. The lowest BCUT2D eigenvalue weighted by Crippen LogP contribution is -2.28. The van der Waals surface area contributed by atoms with Gasteiger partial charge in [0.05, 0.1) is 25.9 Å². The van der Waals surface area contributed by atoms with Crippen LogP contribution in [0.15, 0.2) is 24.3 Å². The molecule has 0 spiro atoms. The molecular formula is C14H21NO2. The molecule has 0 amide bonds. The van der Waals surface area contributed by atoms with Gasteiger partial charge in [0.2, 0.25) is 0 Å². The van der Waals surface area contributed by atoms with E-state index in [1.54, 1.807) is 7.11 Å². The maximum absolute atomic E-state index is 5.87. The summed E-state index contributed by atoms with van der Waals surface area (Å²) < 4.78 is 11.2. The van der Waals surface area contributed by atoms with Crippen molar-refractivity contribution in [1.29, 1.82) is 0 Å². The summed E-state index contributed by atoms with van der Waals surface area (Å²) in [5, 5.41) is 3.29. The van der Waals surface area contributed by atoms with Gasteiger partial charge in [0.15, 0.2) is 0 Å². The zero-order chi connectivity index (χ0) is 12.1. The largest absolute Gasteiger partial charge is 0.496 e. The molecule has 17 heavy (non-hydrogen) atoms. The molecule has 0 aromatic heterocycles. The van der Waals surface area contributed by atoms with Crippen molar-refractivity contribution in [1.82, 2.24) is 5.32 Å². The Hall–Kier alpha value is -1.06. The van der Waals surface area contributed by atoms with Crippen LogP contribution in [-0.4, -0.2) is 26.9 Å². The van der Waals surface area contributed by atoms with Crippen LogP contribution in [-0.2, 0) is 4.74 Å². The molecule has 1 saturated carbocycles. The smallest absolute Gasteiger partial charge is 0.123 e. The van der Waals surface area contributed by atoms with Gasteiger partial charge in [-0.2, -0.15) is 0 Å². The first-order chi connectivity index (χ1) is 8.35. The summed E-state index contributed by atoms with van der Waals surface area (Å²) in [4.78, 5) is 0. The van der Waals surface area contributed by atoms with E-state index in [0.717, 1.165) is 11.3 Å². The number of rotatable bonds is 6. The molecule has 1 aliphatic rings. The van der Waals surface area contributed by atoms with Crippen LogP contribution in [0.2, 0.25) is 0 Å². The fraction of sp³-hybridized carbons (Fsp3) is 0.571. The zero-order valence-corrected chi connectivity index (χ0v) is 10.6. The van der Waals surface area contributed by atoms with Crippen LogP contribution in [0.3, 0.4) is 0 Å². The molecule has 1 fully saturated rings. The van der Waals surface area contributed by atoms with Crippen LogP contribution >= 0.6 is 0 Å². The molecule has 0 aliphatic heterocycles. The Balaban J connectivity index is 1.99. The molecule has 1 aliphatic carbocycles. The van der Waals surface area contributed by atoms with Crippen LogP contribution in [0.25, 0.3) is 0 Å². The van der Waals surface area contributed by atoms with E-state index in [1.807, 2.05) is 25.2 Å². The highest BCUT2D eigenvalue weighted by atomic mass is 16.5. The highest BCUT2D eigenvalue weighted by Crippen LogP contribution is 2.27. The van der Waals surface area contributed by atoms with E-state index in [-0.39, 0.29) is 6.04 Å². The average Bonchev–Trinajstić information content (AvgIpc) is 2.32. The highest BCUT2D eigenvalue weighted by Gasteiger charge is 2.21. The normalized spacial score (nSPS) is 17.5. The Kier molecular flexibility index (Phi) is 4.40. The molecule has 0 heterocycles. The molecule has 2 rings (SSSR count). The number of benzene rings is 1. The van der Waals surface area contributed by atoms with E-state index in [2.05, 4.69) is 11.4 Å². The Morgan fingerprint density at radius 3 is 2.71 bits per heavy atom. The second kappa shape index (κ2) is 6.03. The van der Waals surface area contributed by atoms with Gasteiger partial charge in [-0.1, -0.05) is 18.2 Å². The van der Waals surface area contributed by atoms with Crippen LogP contribution in [0.1, 0.15) is 30.9 Å². The Morgan fingerprint density at radius 2 is 2.12 bits per heavy atom. The molecule has 1 aromatic carbocycles. The molecule has 0 saturated heterocycles. The van der Waals surface area contributed by atoms with E-state index >= 15 is 0 Å². The van der Waals surface area contributed by atoms with E-state index in [4.69, 9.17) is 9.47 Å². The van der Waals surface area contributed by atoms with Gasteiger partial charge in [0.25, 0.3) is 0 Å². The van der Waals surface area contributed by atoms with E-state index in [0.29, 0.717) is 12.7 Å². The minimum atomic E-state index is 0.201. The number of para-hydroxylation sites is 1. The number of likely N-dealkylation sites (N-methyl/N-ethyl adjacent to an activating group) is 1. The fourth-order valence-electron chi connectivity index (χ4n) is 2.05. The third-order valence-corrected chi connectivity index (χ3v) is 3.41. The van der Waals surface area contributed by atoms with Crippen molar-refractivity contribution in [3.05, 3.63) is 29.8 Å². The van der Waals surface area contributed by atoms with Crippen LogP contribution < -0.4 is 10.1 Å². The average molecular weight is 235 g/mol. The Bertz CT molecular complexity index is 350. The summed E-state index contributed by atoms with van der Waals surface area (Å²) in [6.07, 6.45) is 4.20. The monoisotopic (exact) mass is 235 g/mol. The second-order valence-corrected chi connectivity index (χ2v) is 4.47. The van der Waals surface area contributed by atoms with Crippen molar-refractivity contribution in [2.45, 2.75) is 31.4 Å². The maximum Gasteiger partial charge on any atom is 0.123 e. The summed E-state index contributed by atoms with van der Waals surface area (Å²) in [6.45, 7) is 0.710. The SMILES string of the molecule is CNC(COC1CCC1)c1ccccc1OC. The van der Waals surface area contributed by atoms with E-state index in [9.17, 15) is 0 Å². The van der Waals surface area contributed by atoms with Gasteiger partial charge < -0.3 is 14.8 Å². The Morgan fingerprint density at radius 1 is 1.35 bits per heavy atom. The van der Waals surface area contributed by atoms with Crippen molar-refractivity contribution >= 4 is 0 Å². The van der Waals surface area contributed by atoms with Gasteiger partial charge in [-0.3, -0.25) is 0 Å². The number of ether oxygens (including phenoxy) is 2. The molecular weight excluding hydrogens is 214 g/mol. The third-order valence-electron chi connectivity index (χ3n) is 3.41. The van der Waals surface area contributed by atoms with Crippen LogP contribution in [0, 0.1) is 0 Å². The summed E-state index contributed by atoms with van der Waals surface area (Å²) in [5.74, 6) is 0.920. The lowest BCUT2D eigenvalue weighted by atomic mass is 9.96. The first-order valence-electron chi connectivity index (χ1n) is 6.27. The van der Waals surface area contributed by atoms with Gasteiger partial charge >= 0.3 is 0 Å². The standard InChI is InChI=1S/C14H21NO2/c1-15-13(10-17-11-6-5-7-11)12-8-3-4-9-14(12)16-2/h3-4,8-9,11,13,15H,5-7,10H2,1-2H3. The molecule has 1 N–H and O–H groups in total. The molecule has 1 atom stereocenters. The van der Waals surface area contributed by atoms with Crippen molar-refractivity contribution in [3.8, 4) is 5.75 Å². The molecule has 94 valence electrons. The van der Waals surface area contributed by atoms with Crippen molar-refractivity contribution in [3.63, 3.8) is 0 Å². The summed E-state index contributed by atoms with van der Waals surface area (Å²) in [5.41, 5.74) is 1.16. The van der Waals surface area contributed by atoms with Crippen LogP contribution in [0.5, 0.6) is 5.75 Å². The summed E-state index contributed by atoms with van der Waals surface area (Å²) in [7, 11) is 3.67. The first-order valence-corrected chi connectivity index (χ1v) is 6.27. The lowest BCUT2D eigenvalue weighted by molar-refractivity contribution is -0.00817. The first kappa shape index (κ1) is 12.4. The summed E-state index contributed by atoms with van der Waals surface area (Å²) >= 11 is 0. The molecule has 1 aromatic rings. The minimum absolute atomic E-state index is 0.201. The fourth-order valence-corrected chi connectivity index (χ4v) is 2.05. The quantitative estimate of drug-likeness (QED) is 0.822. The third kappa shape index (κ3) is 2.99. The van der Waals surface area contributed by atoms with Gasteiger partial charge in [0, 0.05) is 5.56 Å². The van der Waals surface area contributed by atoms with Crippen molar-refractivity contribution in [2.24, 2.45) is 0 Å². The molecule has 0 radical (unpaired) electrons. The zero-order valence-electron chi connectivity index (χ0n) is 10.6. The molecule has 1 unspecified atom stereocenters. The number of hydrogen-bond donors (Lipinski definition) is 1. The number of nitrogens with one attached hydrogen (secondary N) is 1. The van der Waals surface area contributed by atoms with Gasteiger partial charge in [-0.05, 0) is 32.4 Å². The van der Waals surface area contributed by atoms with Crippen molar-refractivity contribution in [2.75, 3.05) is 20.8 Å². The maximum atomic E-state index is 5.87. The van der Waals surface area contributed by atoms with Gasteiger partial charge in [-0.25, -0.2) is 0 Å². The number of methoxy groups -OCH3 is 1. The predicted molar refractivity (Wildman–Crippen MR) is 68.4 cm³/mol. The van der Waals surface area contributed by atoms with E-state index in [1.165, 1.54) is 19.3 Å². The second-order valence-electron chi connectivity index (χ2n) is 4.47.